The fourth-order valence-electron chi connectivity index (χ4n) is 2.28. The Morgan fingerprint density at radius 3 is 2.86 bits per heavy atom. The molecule has 1 atom stereocenters. The van der Waals surface area contributed by atoms with Crippen LogP contribution in [0.4, 0.5) is 10.6 Å². The lowest BCUT2D eigenvalue weighted by atomic mass is 10.3. The van der Waals surface area contributed by atoms with Gasteiger partial charge in [-0.1, -0.05) is 6.07 Å². The van der Waals surface area contributed by atoms with E-state index in [4.69, 9.17) is 0 Å². The lowest BCUT2D eigenvalue weighted by Gasteiger charge is -2.18. The minimum atomic E-state index is -0.201. The zero-order valence-electron chi connectivity index (χ0n) is 12.1. The Morgan fingerprint density at radius 2 is 2.14 bits per heavy atom. The van der Waals surface area contributed by atoms with E-state index >= 15 is 0 Å². The van der Waals surface area contributed by atoms with Crippen LogP contribution >= 0.6 is 0 Å². The summed E-state index contributed by atoms with van der Waals surface area (Å²) >= 11 is 0. The average Bonchev–Trinajstić information content (AvgIpc) is 2.93. The monoisotopic (exact) mass is 291 g/mol. The number of aromatic nitrogens is 1. The van der Waals surface area contributed by atoms with Gasteiger partial charge in [-0.25, -0.2) is 9.78 Å². The van der Waals surface area contributed by atoms with E-state index in [1.165, 1.54) is 6.92 Å². The molecule has 1 aliphatic heterocycles. The van der Waals surface area contributed by atoms with E-state index in [0.29, 0.717) is 13.1 Å². The Hall–Kier alpha value is -2.31. The average molecular weight is 291 g/mol. The van der Waals surface area contributed by atoms with Crippen LogP contribution in [0.1, 0.15) is 13.3 Å². The van der Waals surface area contributed by atoms with Crippen LogP contribution in [0.5, 0.6) is 0 Å². The standard InChI is InChI=1S/C14H21N5O2/c1-11(20)15-7-8-17-14(21)18-12-5-9-19(10-12)13-4-2-3-6-16-13/h2-4,6,12H,5,7-10H2,1H3,(H,15,20)(H2,17,18,21). The maximum atomic E-state index is 11.7. The Balaban J connectivity index is 1.68. The van der Waals surface area contributed by atoms with Gasteiger partial charge in [0.05, 0.1) is 0 Å². The van der Waals surface area contributed by atoms with Crippen molar-refractivity contribution in [3.63, 3.8) is 0 Å². The molecule has 0 aromatic carbocycles. The van der Waals surface area contributed by atoms with Crippen LogP contribution in [-0.2, 0) is 4.79 Å². The van der Waals surface area contributed by atoms with E-state index in [1.54, 1.807) is 6.20 Å². The summed E-state index contributed by atoms with van der Waals surface area (Å²) in [6, 6.07) is 5.73. The highest BCUT2D eigenvalue weighted by Gasteiger charge is 2.24. The SMILES string of the molecule is CC(=O)NCCNC(=O)NC1CCN(c2ccccn2)C1. The van der Waals surface area contributed by atoms with Crippen molar-refractivity contribution in [3.8, 4) is 0 Å². The molecule has 7 heteroatoms. The number of rotatable bonds is 5. The molecule has 1 fully saturated rings. The van der Waals surface area contributed by atoms with E-state index in [0.717, 1.165) is 25.3 Å². The van der Waals surface area contributed by atoms with Crippen LogP contribution < -0.4 is 20.9 Å². The van der Waals surface area contributed by atoms with Crippen molar-refractivity contribution in [3.05, 3.63) is 24.4 Å². The number of urea groups is 1. The van der Waals surface area contributed by atoms with Gasteiger partial charge in [-0.15, -0.1) is 0 Å². The Kier molecular flexibility index (Phi) is 5.36. The summed E-state index contributed by atoms with van der Waals surface area (Å²) in [5, 5.41) is 8.28. The summed E-state index contributed by atoms with van der Waals surface area (Å²) < 4.78 is 0. The third-order valence-corrected chi connectivity index (χ3v) is 3.28. The Morgan fingerprint density at radius 1 is 1.33 bits per heavy atom. The van der Waals surface area contributed by atoms with Gasteiger partial charge in [0.25, 0.3) is 0 Å². The molecular formula is C14H21N5O2. The van der Waals surface area contributed by atoms with Gasteiger partial charge >= 0.3 is 6.03 Å². The van der Waals surface area contributed by atoms with E-state index in [-0.39, 0.29) is 18.0 Å². The molecule has 1 unspecified atom stereocenters. The van der Waals surface area contributed by atoms with Gasteiger partial charge in [0, 0.05) is 45.3 Å². The number of carbonyl (C=O) groups is 2. The molecule has 1 aromatic rings. The van der Waals surface area contributed by atoms with Crippen LogP contribution in [-0.4, -0.2) is 49.1 Å². The minimum Gasteiger partial charge on any atom is -0.355 e. The number of hydrogen-bond acceptors (Lipinski definition) is 4. The zero-order chi connectivity index (χ0) is 15.1. The second-order valence-electron chi connectivity index (χ2n) is 5.00. The fraction of sp³-hybridized carbons (Fsp3) is 0.500. The second-order valence-corrected chi connectivity index (χ2v) is 5.00. The van der Waals surface area contributed by atoms with Crippen molar-refractivity contribution >= 4 is 17.8 Å². The predicted octanol–water partition coefficient (Wildman–Crippen LogP) is 0.0956. The molecule has 0 aliphatic carbocycles. The van der Waals surface area contributed by atoms with E-state index in [9.17, 15) is 9.59 Å². The molecule has 21 heavy (non-hydrogen) atoms. The van der Waals surface area contributed by atoms with E-state index < -0.39 is 0 Å². The lowest BCUT2D eigenvalue weighted by molar-refractivity contribution is -0.118. The van der Waals surface area contributed by atoms with Crippen LogP contribution in [0.25, 0.3) is 0 Å². The van der Waals surface area contributed by atoms with Gasteiger partial charge in [0.1, 0.15) is 5.82 Å². The highest BCUT2D eigenvalue weighted by molar-refractivity contribution is 5.75. The number of nitrogens with zero attached hydrogens (tertiary/aromatic N) is 2. The number of amides is 3. The summed E-state index contributed by atoms with van der Waals surface area (Å²) in [6.45, 7) is 3.95. The maximum Gasteiger partial charge on any atom is 0.315 e. The first kappa shape index (κ1) is 15.1. The van der Waals surface area contributed by atoms with Gasteiger partial charge < -0.3 is 20.9 Å². The first-order valence-electron chi connectivity index (χ1n) is 7.10. The van der Waals surface area contributed by atoms with Gasteiger partial charge in [0.15, 0.2) is 0 Å². The summed E-state index contributed by atoms with van der Waals surface area (Å²) in [4.78, 5) is 28.9. The van der Waals surface area contributed by atoms with Crippen molar-refractivity contribution in [2.24, 2.45) is 0 Å². The zero-order valence-corrected chi connectivity index (χ0v) is 12.1. The van der Waals surface area contributed by atoms with Crippen LogP contribution in [0, 0.1) is 0 Å². The fourth-order valence-corrected chi connectivity index (χ4v) is 2.28. The Labute approximate surface area is 124 Å². The number of hydrogen-bond donors (Lipinski definition) is 3. The third-order valence-electron chi connectivity index (χ3n) is 3.28. The molecule has 3 amide bonds. The van der Waals surface area contributed by atoms with Crippen LogP contribution in [0.15, 0.2) is 24.4 Å². The van der Waals surface area contributed by atoms with Crippen molar-refractivity contribution < 1.29 is 9.59 Å². The molecule has 1 aliphatic rings. The first-order valence-corrected chi connectivity index (χ1v) is 7.10. The predicted molar refractivity (Wildman–Crippen MR) is 80.1 cm³/mol. The molecule has 7 nitrogen and oxygen atoms in total. The molecule has 1 aromatic heterocycles. The molecular weight excluding hydrogens is 270 g/mol. The molecule has 0 radical (unpaired) electrons. The summed E-state index contributed by atoms with van der Waals surface area (Å²) in [5.74, 6) is 0.840. The number of carbonyl (C=O) groups excluding carboxylic acids is 2. The quantitative estimate of drug-likeness (QED) is 0.671. The van der Waals surface area contributed by atoms with E-state index in [2.05, 4.69) is 25.8 Å². The highest BCUT2D eigenvalue weighted by Crippen LogP contribution is 2.16. The summed E-state index contributed by atoms with van der Waals surface area (Å²) in [5.41, 5.74) is 0. The van der Waals surface area contributed by atoms with Gasteiger partial charge in [-0.05, 0) is 18.6 Å². The molecule has 0 spiro atoms. The maximum absolute atomic E-state index is 11.7. The van der Waals surface area contributed by atoms with Crippen LogP contribution in [0.2, 0.25) is 0 Å². The second kappa shape index (κ2) is 7.47. The van der Waals surface area contributed by atoms with Crippen molar-refractivity contribution in [2.75, 3.05) is 31.1 Å². The third kappa shape index (κ3) is 4.94. The number of anilines is 1. The van der Waals surface area contributed by atoms with Crippen molar-refractivity contribution in [1.82, 2.24) is 20.9 Å². The molecule has 2 heterocycles. The smallest absolute Gasteiger partial charge is 0.315 e. The molecule has 0 saturated carbocycles. The van der Waals surface area contributed by atoms with Crippen molar-refractivity contribution in [1.29, 1.82) is 0 Å². The topological polar surface area (TPSA) is 86.4 Å². The number of nitrogens with one attached hydrogen (secondary N) is 3. The largest absolute Gasteiger partial charge is 0.355 e. The van der Waals surface area contributed by atoms with Gasteiger partial charge in [-0.2, -0.15) is 0 Å². The lowest BCUT2D eigenvalue weighted by Crippen LogP contribution is -2.45. The molecule has 3 N–H and O–H groups in total. The normalized spacial score (nSPS) is 17.4. The first-order chi connectivity index (χ1) is 10.1. The van der Waals surface area contributed by atoms with Gasteiger partial charge in [-0.3, -0.25) is 4.79 Å². The molecule has 0 bridgehead atoms. The summed E-state index contributed by atoms with van der Waals surface area (Å²) in [7, 11) is 0. The minimum absolute atomic E-state index is 0.0981. The molecule has 2 rings (SSSR count). The highest BCUT2D eigenvalue weighted by atomic mass is 16.2. The summed E-state index contributed by atoms with van der Waals surface area (Å²) in [6.07, 6.45) is 2.67. The van der Waals surface area contributed by atoms with Gasteiger partial charge in [0.2, 0.25) is 5.91 Å². The number of pyridine rings is 1. The van der Waals surface area contributed by atoms with E-state index in [1.807, 2.05) is 18.2 Å². The Bertz CT molecular complexity index is 480. The molecule has 114 valence electrons. The van der Waals surface area contributed by atoms with Crippen molar-refractivity contribution in [2.45, 2.75) is 19.4 Å². The van der Waals surface area contributed by atoms with Crippen LogP contribution in [0.3, 0.4) is 0 Å². The molecule has 1 saturated heterocycles.